The molecular weight excluding hydrogens is 266 g/mol. The van der Waals surface area contributed by atoms with Crippen LogP contribution in [0.2, 0.25) is 0 Å². The van der Waals surface area contributed by atoms with Gasteiger partial charge in [-0.3, -0.25) is 0 Å². The third kappa shape index (κ3) is 2.39. The van der Waals surface area contributed by atoms with Gasteiger partial charge < -0.3 is 5.73 Å². The Bertz CT molecular complexity index is 474. The predicted molar refractivity (Wildman–Crippen MR) is 68.1 cm³/mol. The zero-order valence-corrected chi connectivity index (χ0v) is 10.5. The summed E-state index contributed by atoms with van der Waals surface area (Å²) in [6, 6.07) is 10.1. The second-order valence-corrected chi connectivity index (χ2v) is 4.38. The van der Waals surface area contributed by atoms with Crippen LogP contribution >= 0.6 is 15.9 Å². The summed E-state index contributed by atoms with van der Waals surface area (Å²) in [6.45, 7) is 1.91. The van der Waals surface area contributed by atoms with E-state index in [1.54, 1.807) is 0 Å². The molecule has 1 aromatic carbocycles. The van der Waals surface area contributed by atoms with Gasteiger partial charge in [0.25, 0.3) is 0 Å². The molecule has 2 N–H and O–H groups in total. The van der Waals surface area contributed by atoms with Gasteiger partial charge in [0, 0.05) is 6.42 Å². The van der Waals surface area contributed by atoms with Crippen molar-refractivity contribution in [3.05, 3.63) is 51.9 Å². The van der Waals surface area contributed by atoms with Crippen molar-refractivity contribution in [2.75, 3.05) is 5.73 Å². The van der Waals surface area contributed by atoms with E-state index >= 15 is 0 Å². The van der Waals surface area contributed by atoms with Crippen LogP contribution in [0.3, 0.4) is 0 Å². The van der Waals surface area contributed by atoms with Crippen LogP contribution in [0, 0.1) is 6.92 Å². The molecule has 82 valence electrons. The molecule has 16 heavy (non-hydrogen) atoms. The molecule has 1 heterocycles. The SMILES string of the molecule is Cc1nc(Cc2ccccc2)nc(N)c1Br. The first-order chi connectivity index (χ1) is 7.66. The number of aryl methyl sites for hydroxylation is 1. The highest BCUT2D eigenvalue weighted by Gasteiger charge is 2.06. The van der Waals surface area contributed by atoms with E-state index in [0.29, 0.717) is 12.2 Å². The first-order valence-corrected chi connectivity index (χ1v) is 5.78. The van der Waals surface area contributed by atoms with E-state index < -0.39 is 0 Å². The minimum absolute atomic E-state index is 0.499. The standard InChI is InChI=1S/C12H12BrN3/c1-8-11(13)12(14)16-10(15-8)7-9-5-3-2-4-6-9/h2-6H,7H2,1H3,(H2,14,15,16). The molecule has 0 aliphatic heterocycles. The Kier molecular flexibility index (Phi) is 3.19. The number of rotatable bonds is 2. The smallest absolute Gasteiger partial charge is 0.141 e. The van der Waals surface area contributed by atoms with Crippen molar-refractivity contribution >= 4 is 21.7 Å². The Morgan fingerprint density at radius 1 is 1.19 bits per heavy atom. The Morgan fingerprint density at radius 2 is 1.88 bits per heavy atom. The van der Waals surface area contributed by atoms with E-state index in [1.165, 1.54) is 5.56 Å². The fraction of sp³-hybridized carbons (Fsp3) is 0.167. The van der Waals surface area contributed by atoms with Crippen LogP contribution in [0.15, 0.2) is 34.8 Å². The van der Waals surface area contributed by atoms with Crippen molar-refractivity contribution in [2.24, 2.45) is 0 Å². The average Bonchev–Trinajstić information content (AvgIpc) is 2.27. The van der Waals surface area contributed by atoms with Crippen LogP contribution in [0.5, 0.6) is 0 Å². The van der Waals surface area contributed by atoms with Gasteiger partial charge in [0.05, 0.1) is 10.2 Å². The fourth-order valence-corrected chi connectivity index (χ4v) is 1.68. The lowest BCUT2D eigenvalue weighted by atomic mass is 10.1. The monoisotopic (exact) mass is 277 g/mol. The molecule has 1 aromatic heterocycles. The Morgan fingerprint density at radius 3 is 2.50 bits per heavy atom. The zero-order chi connectivity index (χ0) is 11.5. The normalized spacial score (nSPS) is 10.4. The fourth-order valence-electron chi connectivity index (χ4n) is 1.50. The number of nitrogen functional groups attached to an aromatic ring is 1. The van der Waals surface area contributed by atoms with Crippen molar-refractivity contribution < 1.29 is 0 Å². The molecule has 0 aliphatic carbocycles. The summed E-state index contributed by atoms with van der Waals surface area (Å²) in [5.74, 6) is 1.25. The zero-order valence-electron chi connectivity index (χ0n) is 8.94. The molecule has 3 nitrogen and oxygen atoms in total. The quantitative estimate of drug-likeness (QED) is 0.918. The molecule has 0 radical (unpaired) electrons. The topological polar surface area (TPSA) is 51.8 Å². The molecular formula is C12H12BrN3. The third-order valence-corrected chi connectivity index (χ3v) is 3.27. The molecule has 0 atom stereocenters. The first-order valence-electron chi connectivity index (χ1n) is 4.99. The lowest BCUT2D eigenvalue weighted by Crippen LogP contribution is -2.03. The van der Waals surface area contributed by atoms with Gasteiger partial charge in [-0.05, 0) is 28.4 Å². The maximum absolute atomic E-state index is 5.78. The van der Waals surface area contributed by atoms with Crippen LogP contribution < -0.4 is 5.73 Å². The Labute approximate surface area is 103 Å². The summed E-state index contributed by atoms with van der Waals surface area (Å²) < 4.78 is 0.782. The minimum atomic E-state index is 0.499. The maximum Gasteiger partial charge on any atom is 0.141 e. The van der Waals surface area contributed by atoms with Gasteiger partial charge in [-0.25, -0.2) is 9.97 Å². The van der Waals surface area contributed by atoms with Gasteiger partial charge in [-0.15, -0.1) is 0 Å². The van der Waals surface area contributed by atoms with Crippen LogP contribution in [0.4, 0.5) is 5.82 Å². The minimum Gasteiger partial charge on any atom is -0.383 e. The Hall–Kier alpha value is -1.42. The number of benzene rings is 1. The second-order valence-electron chi connectivity index (χ2n) is 3.59. The summed E-state index contributed by atoms with van der Waals surface area (Å²) in [6.07, 6.45) is 0.708. The van der Waals surface area contributed by atoms with E-state index in [2.05, 4.69) is 38.0 Å². The van der Waals surface area contributed by atoms with Crippen molar-refractivity contribution in [3.8, 4) is 0 Å². The molecule has 0 spiro atoms. The average molecular weight is 278 g/mol. The summed E-state index contributed by atoms with van der Waals surface area (Å²) >= 11 is 3.35. The molecule has 0 bridgehead atoms. The number of nitrogens with zero attached hydrogens (tertiary/aromatic N) is 2. The molecule has 0 saturated heterocycles. The van der Waals surface area contributed by atoms with Gasteiger partial charge >= 0.3 is 0 Å². The van der Waals surface area contributed by atoms with Crippen molar-refractivity contribution in [1.82, 2.24) is 9.97 Å². The largest absolute Gasteiger partial charge is 0.383 e. The lowest BCUT2D eigenvalue weighted by molar-refractivity contribution is 0.941. The molecule has 2 rings (SSSR count). The number of aromatic nitrogens is 2. The van der Waals surface area contributed by atoms with Crippen LogP contribution in [0.25, 0.3) is 0 Å². The number of anilines is 1. The number of hydrogen-bond acceptors (Lipinski definition) is 3. The van der Waals surface area contributed by atoms with Crippen molar-refractivity contribution in [2.45, 2.75) is 13.3 Å². The van der Waals surface area contributed by atoms with Crippen LogP contribution in [-0.2, 0) is 6.42 Å². The summed E-state index contributed by atoms with van der Waals surface area (Å²) in [7, 11) is 0. The first kappa shape index (κ1) is 11.1. The van der Waals surface area contributed by atoms with E-state index in [0.717, 1.165) is 16.0 Å². The van der Waals surface area contributed by atoms with Crippen LogP contribution in [-0.4, -0.2) is 9.97 Å². The van der Waals surface area contributed by atoms with Gasteiger partial charge in [0.1, 0.15) is 11.6 Å². The molecule has 0 unspecified atom stereocenters. The number of hydrogen-bond donors (Lipinski definition) is 1. The molecule has 4 heteroatoms. The maximum atomic E-state index is 5.78. The van der Waals surface area contributed by atoms with Crippen molar-refractivity contribution in [1.29, 1.82) is 0 Å². The van der Waals surface area contributed by atoms with E-state index in [4.69, 9.17) is 5.73 Å². The number of halogens is 1. The van der Waals surface area contributed by atoms with E-state index in [9.17, 15) is 0 Å². The third-order valence-electron chi connectivity index (χ3n) is 2.29. The lowest BCUT2D eigenvalue weighted by Gasteiger charge is -2.05. The van der Waals surface area contributed by atoms with Crippen molar-refractivity contribution in [3.63, 3.8) is 0 Å². The molecule has 0 fully saturated rings. The predicted octanol–water partition coefficient (Wildman–Crippen LogP) is 2.72. The summed E-state index contributed by atoms with van der Waals surface area (Å²) in [5.41, 5.74) is 7.83. The molecule has 0 saturated carbocycles. The molecule has 2 aromatic rings. The summed E-state index contributed by atoms with van der Waals surface area (Å²) in [5, 5.41) is 0. The highest BCUT2D eigenvalue weighted by molar-refractivity contribution is 9.10. The van der Waals surface area contributed by atoms with Gasteiger partial charge in [-0.1, -0.05) is 30.3 Å². The Balaban J connectivity index is 2.29. The molecule has 0 amide bonds. The number of nitrogens with two attached hydrogens (primary N) is 1. The van der Waals surface area contributed by atoms with Gasteiger partial charge in [0.2, 0.25) is 0 Å². The summed E-state index contributed by atoms with van der Waals surface area (Å²) in [4.78, 5) is 8.64. The van der Waals surface area contributed by atoms with Gasteiger partial charge in [-0.2, -0.15) is 0 Å². The highest BCUT2D eigenvalue weighted by Crippen LogP contribution is 2.20. The van der Waals surface area contributed by atoms with Gasteiger partial charge in [0.15, 0.2) is 0 Å². The highest BCUT2D eigenvalue weighted by atomic mass is 79.9. The van der Waals surface area contributed by atoms with E-state index in [-0.39, 0.29) is 0 Å². The molecule has 0 aliphatic rings. The van der Waals surface area contributed by atoms with E-state index in [1.807, 2.05) is 25.1 Å². The van der Waals surface area contributed by atoms with Crippen LogP contribution in [0.1, 0.15) is 17.1 Å². The second kappa shape index (κ2) is 4.61.